The first kappa shape index (κ1) is 12.6. The second kappa shape index (κ2) is 5.69. The molecule has 2 aromatic heterocycles. The lowest BCUT2D eigenvalue weighted by Crippen LogP contribution is -2.22. The number of nitrogens with two attached hydrogens (primary N) is 1. The molecule has 0 amide bonds. The van der Waals surface area contributed by atoms with Crippen molar-refractivity contribution >= 4 is 5.82 Å². The summed E-state index contributed by atoms with van der Waals surface area (Å²) < 4.78 is 5.36. The van der Waals surface area contributed by atoms with Gasteiger partial charge < -0.3 is 15.1 Å². The van der Waals surface area contributed by atoms with Crippen LogP contribution in [0.2, 0.25) is 0 Å². The number of nitrogens with zero attached hydrogens (tertiary/aromatic N) is 2. The molecular formula is C14H19N3O. The Morgan fingerprint density at radius 1 is 1.39 bits per heavy atom. The number of pyridine rings is 1. The molecule has 0 saturated heterocycles. The molecule has 0 aliphatic carbocycles. The Morgan fingerprint density at radius 2 is 2.22 bits per heavy atom. The summed E-state index contributed by atoms with van der Waals surface area (Å²) in [5, 5.41) is 0. The SMILES string of the molecule is CCN(Cc1ccco1)c1ccc(C(C)N)cn1. The Balaban J connectivity index is 2.12. The highest BCUT2D eigenvalue weighted by molar-refractivity contribution is 5.39. The first-order valence-electron chi connectivity index (χ1n) is 6.19. The standard InChI is InChI=1S/C14H19N3O/c1-3-17(10-13-5-4-8-18-13)14-7-6-12(9-16-14)11(2)15/h4-9,11H,3,10,15H2,1-2H3. The van der Waals surface area contributed by atoms with Gasteiger partial charge in [-0.25, -0.2) is 4.98 Å². The highest BCUT2D eigenvalue weighted by atomic mass is 16.3. The van der Waals surface area contributed by atoms with Crippen molar-refractivity contribution in [3.05, 3.63) is 48.0 Å². The summed E-state index contributed by atoms with van der Waals surface area (Å²) in [5.41, 5.74) is 6.86. The lowest BCUT2D eigenvalue weighted by molar-refractivity contribution is 0.503. The Hall–Kier alpha value is -1.81. The van der Waals surface area contributed by atoms with E-state index < -0.39 is 0 Å². The highest BCUT2D eigenvalue weighted by Gasteiger charge is 2.09. The molecule has 0 aliphatic rings. The van der Waals surface area contributed by atoms with Crippen LogP contribution in [-0.4, -0.2) is 11.5 Å². The third-order valence-electron chi connectivity index (χ3n) is 2.93. The number of rotatable bonds is 5. The van der Waals surface area contributed by atoms with E-state index >= 15 is 0 Å². The van der Waals surface area contributed by atoms with Crippen molar-refractivity contribution in [3.8, 4) is 0 Å². The summed E-state index contributed by atoms with van der Waals surface area (Å²) in [7, 11) is 0. The Bertz CT molecular complexity index is 462. The molecule has 0 aliphatic heterocycles. The van der Waals surface area contributed by atoms with Gasteiger partial charge in [-0.05, 0) is 37.6 Å². The number of anilines is 1. The zero-order valence-electron chi connectivity index (χ0n) is 10.8. The third-order valence-corrected chi connectivity index (χ3v) is 2.93. The normalized spacial score (nSPS) is 12.4. The van der Waals surface area contributed by atoms with E-state index in [2.05, 4.69) is 16.8 Å². The Labute approximate surface area is 107 Å². The number of hydrogen-bond donors (Lipinski definition) is 1. The van der Waals surface area contributed by atoms with Gasteiger partial charge in [0, 0.05) is 18.8 Å². The van der Waals surface area contributed by atoms with E-state index in [4.69, 9.17) is 10.2 Å². The monoisotopic (exact) mass is 245 g/mol. The van der Waals surface area contributed by atoms with Crippen molar-refractivity contribution in [2.45, 2.75) is 26.4 Å². The molecule has 2 aromatic rings. The van der Waals surface area contributed by atoms with E-state index in [0.717, 1.165) is 30.2 Å². The van der Waals surface area contributed by atoms with Crippen LogP contribution in [0.1, 0.15) is 31.2 Å². The molecule has 2 N–H and O–H groups in total. The largest absolute Gasteiger partial charge is 0.467 e. The molecule has 0 aromatic carbocycles. The van der Waals surface area contributed by atoms with Crippen LogP contribution in [0, 0.1) is 0 Å². The molecule has 4 nitrogen and oxygen atoms in total. The fourth-order valence-electron chi connectivity index (χ4n) is 1.80. The summed E-state index contributed by atoms with van der Waals surface area (Å²) in [4.78, 5) is 6.61. The molecule has 96 valence electrons. The Morgan fingerprint density at radius 3 is 2.72 bits per heavy atom. The zero-order valence-corrected chi connectivity index (χ0v) is 10.8. The Kier molecular flexibility index (Phi) is 3.99. The van der Waals surface area contributed by atoms with Crippen LogP contribution >= 0.6 is 0 Å². The van der Waals surface area contributed by atoms with E-state index in [0.29, 0.717) is 0 Å². The molecular weight excluding hydrogens is 226 g/mol. The van der Waals surface area contributed by atoms with Crippen molar-refractivity contribution in [1.29, 1.82) is 0 Å². The van der Waals surface area contributed by atoms with E-state index in [1.807, 2.05) is 37.4 Å². The minimum Gasteiger partial charge on any atom is -0.467 e. The van der Waals surface area contributed by atoms with Gasteiger partial charge in [-0.2, -0.15) is 0 Å². The van der Waals surface area contributed by atoms with Crippen LogP contribution in [0.5, 0.6) is 0 Å². The van der Waals surface area contributed by atoms with Crippen molar-refractivity contribution in [2.24, 2.45) is 5.73 Å². The summed E-state index contributed by atoms with van der Waals surface area (Å²) in [6.45, 7) is 5.67. The molecule has 0 bridgehead atoms. The summed E-state index contributed by atoms with van der Waals surface area (Å²) in [6.07, 6.45) is 3.53. The molecule has 0 radical (unpaired) electrons. The summed E-state index contributed by atoms with van der Waals surface area (Å²) >= 11 is 0. The van der Waals surface area contributed by atoms with E-state index in [1.165, 1.54) is 0 Å². The first-order valence-corrected chi connectivity index (χ1v) is 6.19. The molecule has 1 unspecified atom stereocenters. The van der Waals surface area contributed by atoms with Crippen molar-refractivity contribution < 1.29 is 4.42 Å². The highest BCUT2D eigenvalue weighted by Crippen LogP contribution is 2.17. The van der Waals surface area contributed by atoms with Gasteiger partial charge in [-0.1, -0.05) is 6.07 Å². The van der Waals surface area contributed by atoms with Gasteiger partial charge in [0.1, 0.15) is 11.6 Å². The van der Waals surface area contributed by atoms with Gasteiger partial charge in [0.2, 0.25) is 0 Å². The van der Waals surface area contributed by atoms with Crippen LogP contribution in [0.3, 0.4) is 0 Å². The predicted octanol–water partition coefficient (Wildman–Crippen LogP) is 2.72. The second-order valence-corrected chi connectivity index (χ2v) is 4.33. The van der Waals surface area contributed by atoms with Crippen LogP contribution in [0.4, 0.5) is 5.82 Å². The fourth-order valence-corrected chi connectivity index (χ4v) is 1.80. The van der Waals surface area contributed by atoms with E-state index in [1.54, 1.807) is 6.26 Å². The molecule has 1 atom stereocenters. The maximum absolute atomic E-state index is 5.81. The lowest BCUT2D eigenvalue weighted by Gasteiger charge is -2.21. The smallest absolute Gasteiger partial charge is 0.128 e. The van der Waals surface area contributed by atoms with Gasteiger partial charge in [-0.3, -0.25) is 0 Å². The fraction of sp³-hybridized carbons (Fsp3) is 0.357. The molecule has 0 fully saturated rings. The van der Waals surface area contributed by atoms with Crippen molar-refractivity contribution in [2.75, 3.05) is 11.4 Å². The average Bonchev–Trinajstić information content (AvgIpc) is 2.89. The van der Waals surface area contributed by atoms with Crippen LogP contribution in [0.25, 0.3) is 0 Å². The molecule has 18 heavy (non-hydrogen) atoms. The van der Waals surface area contributed by atoms with Gasteiger partial charge in [0.25, 0.3) is 0 Å². The topological polar surface area (TPSA) is 55.3 Å². The number of furan rings is 1. The minimum atomic E-state index is 0.0201. The zero-order chi connectivity index (χ0) is 13.0. The van der Waals surface area contributed by atoms with Crippen LogP contribution in [-0.2, 0) is 6.54 Å². The number of aromatic nitrogens is 1. The van der Waals surface area contributed by atoms with Crippen molar-refractivity contribution in [1.82, 2.24) is 4.98 Å². The van der Waals surface area contributed by atoms with Gasteiger partial charge in [0.15, 0.2) is 0 Å². The lowest BCUT2D eigenvalue weighted by atomic mass is 10.1. The third kappa shape index (κ3) is 2.90. The van der Waals surface area contributed by atoms with Gasteiger partial charge in [0.05, 0.1) is 12.8 Å². The minimum absolute atomic E-state index is 0.0201. The second-order valence-electron chi connectivity index (χ2n) is 4.33. The van der Waals surface area contributed by atoms with Gasteiger partial charge in [-0.15, -0.1) is 0 Å². The molecule has 0 saturated carbocycles. The number of hydrogen-bond acceptors (Lipinski definition) is 4. The maximum Gasteiger partial charge on any atom is 0.128 e. The molecule has 2 heterocycles. The predicted molar refractivity (Wildman–Crippen MR) is 72.3 cm³/mol. The average molecular weight is 245 g/mol. The van der Waals surface area contributed by atoms with E-state index in [-0.39, 0.29) is 6.04 Å². The summed E-state index contributed by atoms with van der Waals surface area (Å²) in [5.74, 6) is 1.88. The van der Waals surface area contributed by atoms with Gasteiger partial charge >= 0.3 is 0 Å². The van der Waals surface area contributed by atoms with Crippen molar-refractivity contribution in [3.63, 3.8) is 0 Å². The van der Waals surface area contributed by atoms with E-state index in [9.17, 15) is 0 Å². The van der Waals surface area contributed by atoms with Crippen LogP contribution in [0.15, 0.2) is 41.1 Å². The molecule has 2 rings (SSSR count). The molecule has 0 spiro atoms. The maximum atomic E-state index is 5.81. The quantitative estimate of drug-likeness (QED) is 0.880. The molecule has 4 heteroatoms. The summed E-state index contributed by atoms with van der Waals surface area (Å²) in [6, 6.07) is 7.92. The van der Waals surface area contributed by atoms with Crippen LogP contribution < -0.4 is 10.6 Å². The first-order chi connectivity index (χ1) is 8.70.